The molecule has 0 unspecified atom stereocenters. The van der Waals surface area contributed by atoms with Crippen molar-refractivity contribution < 1.29 is 4.79 Å². The lowest BCUT2D eigenvalue weighted by Gasteiger charge is -2.18. The van der Waals surface area contributed by atoms with Crippen molar-refractivity contribution >= 4 is 5.91 Å². The molecule has 0 aliphatic carbocycles. The van der Waals surface area contributed by atoms with Crippen LogP contribution in [-0.2, 0) is 11.3 Å². The second-order valence-corrected chi connectivity index (χ2v) is 4.04. The van der Waals surface area contributed by atoms with E-state index in [0.717, 1.165) is 25.1 Å². The van der Waals surface area contributed by atoms with E-state index in [2.05, 4.69) is 16.4 Å². The molecule has 2 rings (SSSR count). The molecule has 1 fully saturated rings. The molecule has 17 heavy (non-hydrogen) atoms. The van der Waals surface area contributed by atoms with Gasteiger partial charge in [-0.15, -0.1) is 0 Å². The van der Waals surface area contributed by atoms with Gasteiger partial charge in [-0.1, -0.05) is 6.07 Å². The summed E-state index contributed by atoms with van der Waals surface area (Å²) in [6.45, 7) is 2.58. The number of pyridine rings is 1. The first-order chi connectivity index (χ1) is 8.29. The summed E-state index contributed by atoms with van der Waals surface area (Å²) in [6, 6.07) is 5.77. The van der Waals surface area contributed by atoms with E-state index in [1.54, 1.807) is 6.20 Å². The van der Waals surface area contributed by atoms with Crippen LogP contribution in [0.2, 0.25) is 0 Å². The van der Waals surface area contributed by atoms with Crippen molar-refractivity contribution in [2.45, 2.75) is 13.0 Å². The summed E-state index contributed by atoms with van der Waals surface area (Å²) >= 11 is 0. The summed E-state index contributed by atoms with van der Waals surface area (Å²) in [5, 5.41) is 11.8. The third-order valence-electron chi connectivity index (χ3n) is 2.73. The van der Waals surface area contributed by atoms with Gasteiger partial charge in [-0.25, -0.2) is 4.98 Å². The zero-order valence-corrected chi connectivity index (χ0v) is 9.52. The van der Waals surface area contributed by atoms with E-state index in [9.17, 15) is 4.79 Å². The molecule has 2 heterocycles. The van der Waals surface area contributed by atoms with Gasteiger partial charge in [-0.2, -0.15) is 5.26 Å². The summed E-state index contributed by atoms with van der Waals surface area (Å²) in [4.78, 5) is 17.5. The van der Waals surface area contributed by atoms with Gasteiger partial charge in [-0.3, -0.25) is 9.69 Å². The maximum atomic E-state index is 11.4. The number of amides is 1. The normalized spacial score (nSPS) is 17.0. The monoisotopic (exact) mass is 230 g/mol. The Morgan fingerprint density at radius 2 is 2.47 bits per heavy atom. The number of hydrogen-bond acceptors (Lipinski definition) is 4. The van der Waals surface area contributed by atoms with Crippen LogP contribution in [0.5, 0.6) is 0 Å². The lowest BCUT2D eigenvalue weighted by Crippen LogP contribution is -2.32. The molecule has 1 N–H and O–H groups in total. The summed E-state index contributed by atoms with van der Waals surface area (Å²) in [6.07, 6.45) is 2.55. The van der Waals surface area contributed by atoms with Gasteiger partial charge in [0, 0.05) is 31.4 Å². The first-order valence-corrected chi connectivity index (χ1v) is 5.62. The Kier molecular flexibility index (Phi) is 3.68. The Morgan fingerprint density at radius 1 is 1.59 bits per heavy atom. The van der Waals surface area contributed by atoms with Crippen molar-refractivity contribution in [1.82, 2.24) is 15.2 Å². The topological polar surface area (TPSA) is 69.0 Å². The Balaban J connectivity index is 2.09. The van der Waals surface area contributed by atoms with Gasteiger partial charge in [0.1, 0.15) is 11.8 Å². The molecule has 0 bridgehead atoms. The van der Waals surface area contributed by atoms with Crippen LogP contribution >= 0.6 is 0 Å². The number of carbonyl (C=O) groups is 1. The maximum Gasteiger partial charge on any atom is 0.234 e. The molecule has 1 aromatic rings. The molecular weight excluding hydrogens is 216 g/mol. The van der Waals surface area contributed by atoms with Crippen molar-refractivity contribution in [3.05, 3.63) is 29.6 Å². The highest BCUT2D eigenvalue weighted by atomic mass is 16.2. The smallest absolute Gasteiger partial charge is 0.234 e. The van der Waals surface area contributed by atoms with Gasteiger partial charge in [0.2, 0.25) is 5.91 Å². The average molecular weight is 230 g/mol. The van der Waals surface area contributed by atoms with E-state index in [-0.39, 0.29) is 5.91 Å². The van der Waals surface area contributed by atoms with Crippen LogP contribution in [-0.4, -0.2) is 35.4 Å². The van der Waals surface area contributed by atoms with Crippen LogP contribution in [0.25, 0.3) is 0 Å². The highest BCUT2D eigenvalue weighted by Crippen LogP contribution is 2.09. The number of nitrogens with zero attached hydrogens (tertiary/aromatic N) is 3. The SMILES string of the molecule is N#Cc1ncccc1CN1CCCNC(=O)C1. The molecule has 1 aliphatic rings. The fraction of sp³-hybridized carbons (Fsp3) is 0.417. The van der Waals surface area contributed by atoms with Crippen molar-refractivity contribution in [2.24, 2.45) is 0 Å². The summed E-state index contributed by atoms with van der Waals surface area (Å²) in [5.41, 5.74) is 1.32. The molecule has 0 aromatic carbocycles. The largest absolute Gasteiger partial charge is 0.355 e. The molecule has 0 spiro atoms. The lowest BCUT2D eigenvalue weighted by atomic mass is 10.2. The van der Waals surface area contributed by atoms with Crippen LogP contribution in [0.1, 0.15) is 17.7 Å². The van der Waals surface area contributed by atoms with Crippen LogP contribution in [0, 0.1) is 11.3 Å². The Labute approximate surface area is 100 Å². The standard InChI is InChI=1S/C12H14N4O/c13-7-11-10(3-1-4-14-11)8-16-6-2-5-15-12(17)9-16/h1,3-4H,2,5-6,8-9H2,(H,15,17). The van der Waals surface area contributed by atoms with Crippen LogP contribution in [0.15, 0.2) is 18.3 Å². The third kappa shape index (κ3) is 3.02. The Hall–Kier alpha value is -1.93. The molecule has 1 saturated heterocycles. The number of nitriles is 1. The molecule has 1 aliphatic heterocycles. The number of carbonyl (C=O) groups excluding carboxylic acids is 1. The average Bonchev–Trinajstić information content (AvgIpc) is 2.54. The number of hydrogen-bond donors (Lipinski definition) is 1. The van der Waals surface area contributed by atoms with E-state index in [1.807, 2.05) is 17.0 Å². The van der Waals surface area contributed by atoms with Crippen molar-refractivity contribution in [2.75, 3.05) is 19.6 Å². The Bertz CT molecular complexity index is 452. The van der Waals surface area contributed by atoms with Gasteiger partial charge in [-0.05, 0) is 12.5 Å². The minimum absolute atomic E-state index is 0.0462. The van der Waals surface area contributed by atoms with Gasteiger partial charge < -0.3 is 5.32 Å². The number of rotatable bonds is 2. The second-order valence-electron chi connectivity index (χ2n) is 4.04. The third-order valence-corrected chi connectivity index (χ3v) is 2.73. The predicted molar refractivity (Wildman–Crippen MR) is 61.9 cm³/mol. The van der Waals surface area contributed by atoms with Crippen LogP contribution in [0.3, 0.4) is 0 Å². The number of nitrogens with one attached hydrogen (secondary N) is 1. The maximum absolute atomic E-state index is 11.4. The summed E-state index contributed by atoms with van der Waals surface area (Å²) in [7, 11) is 0. The molecule has 0 atom stereocenters. The van der Waals surface area contributed by atoms with Crippen LogP contribution in [0.4, 0.5) is 0 Å². The van der Waals surface area contributed by atoms with Crippen LogP contribution < -0.4 is 5.32 Å². The van der Waals surface area contributed by atoms with E-state index in [4.69, 9.17) is 5.26 Å². The molecule has 88 valence electrons. The van der Waals surface area contributed by atoms with E-state index >= 15 is 0 Å². The van der Waals surface area contributed by atoms with E-state index < -0.39 is 0 Å². The summed E-state index contributed by atoms with van der Waals surface area (Å²) < 4.78 is 0. The van der Waals surface area contributed by atoms with Gasteiger partial charge >= 0.3 is 0 Å². The first kappa shape index (κ1) is 11.6. The van der Waals surface area contributed by atoms with Gasteiger partial charge in [0.25, 0.3) is 0 Å². The summed E-state index contributed by atoms with van der Waals surface area (Å²) in [5.74, 6) is 0.0462. The fourth-order valence-electron chi connectivity index (χ4n) is 1.91. The minimum Gasteiger partial charge on any atom is -0.355 e. The number of aromatic nitrogens is 1. The minimum atomic E-state index is 0.0462. The molecule has 1 aromatic heterocycles. The highest BCUT2D eigenvalue weighted by molar-refractivity contribution is 5.78. The Morgan fingerprint density at radius 3 is 3.29 bits per heavy atom. The van der Waals surface area contributed by atoms with Gasteiger partial charge in [0.15, 0.2) is 0 Å². The lowest BCUT2D eigenvalue weighted by molar-refractivity contribution is -0.121. The zero-order chi connectivity index (χ0) is 12.1. The molecule has 0 saturated carbocycles. The quantitative estimate of drug-likeness (QED) is 0.792. The highest BCUT2D eigenvalue weighted by Gasteiger charge is 2.16. The van der Waals surface area contributed by atoms with E-state index in [1.165, 1.54) is 0 Å². The predicted octanol–water partition coefficient (Wildman–Crippen LogP) is 0.275. The van der Waals surface area contributed by atoms with Crippen molar-refractivity contribution in [3.63, 3.8) is 0 Å². The van der Waals surface area contributed by atoms with Gasteiger partial charge in [0.05, 0.1) is 6.54 Å². The molecule has 1 amide bonds. The fourth-order valence-corrected chi connectivity index (χ4v) is 1.91. The molecule has 5 nitrogen and oxygen atoms in total. The zero-order valence-electron chi connectivity index (χ0n) is 9.52. The first-order valence-electron chi connectivity index (χ1n) is 5.62. The van der Waals surface area contributed by atoms with Crippen molar-refractivity contribution in [3.8, 4) is 6.07 Å². The molecule has 5 heteroatoms. The van der Waals surface area contributed by atoms with Crippen molar-refractivity contribution in [1.29, 1.82) is 5.26 Å². The second kappa shape index (κ2) is 5.41. The molecule has 0 radical (unpaired) electrons. The van der Waals surface area contributed by atoms with E-state index in [0.29, 0.717) is 18.8 Å². The molecular formula is C12H14N4O.